The highest BCUT2D eigenvalue weighted by atomic mass is 32.2. The average Bonchev–Trinajstić information content (AvgIpc) is 2.16. The first-order valence-corrected chi connectivity index (χ1v) is 6.23. The number of hydrogen-bond donors (Lipinski definition) is 1. The number of rotatable bonds is 4. The smallest absolute Gasteiger partial charge is 0.0489 e. The lowest BCUT2D eigenvalue weighted by Crippen LogP contribution is -2.11. The van der Waals surface area contributed by atoms with Crippen LogP contribution in [-0.4, -0.2) is 9.46 Å². The molecule has 0 spiro atoms. The van der Waals surface area contributed by atoms with Gasteiger partial charge in [0, 0.05) is 27.5 Å². The van der Waals surface area contributed by atoms with Gasteiger partial charge in [0.05, 0.1) is 0 Å². The van der Waals surface area contributed by atoms with Gasteiger partial charge in [-0.05, 0) is 24.1 Å². The topological polar surface area (TPSA) is 43.1 Å². The summed E-state index contributed by atoms with van der Waals surface area (Å²) in [5, 5.41) is 0.261. The lowest BCUT2D eigenvalue weighted by molar-refractivity contribution is 0.670. The molecule has 3 heteroatoms. The summed E-state index contributed by atoms with van der Waals surface area (Å²) in [4.78, 5) is 0. The molecule has 2 nitrogen and oxygen atoms in total. The Hall–Kier alpha value is -0.830. The van der Waals surface area contributed by atoms with E-state index in [2.05, 4.69) is 6.92 Å². The van der Waals surface area contributed by atoms with E-state index in [1.54, 1.807) is 0 Å². The van der Waals surface area contributed by atoms with Crippen molar-refractivity contribution in [1.29, 1.82) is 0 Å². The predicted molar refractivity (Wildman–Crippen MR) is 62.5 cm³/mol. The lowest BCUT2D eigenvalue weighted by Gasteiger charge is -2.08. The Kier molecular flexibility index (Phi) is 4.14. The van der Waals surface area contributed by atoms with Gasteiger partial charge >= 0.3 is 0 Å². The Morgan fingerprint density at radius 2 is 2.21 bits per heavy atom. The summed E-state index contributed by atoms with van der Waals surface area (Å²) in [5.41, 5.74) is 7.44. The molecule has 0 amide bonds. The molecule has 78 valence electrons. The minimum atomic E-state index is -0.780. The maximum atomic E-state index is 11.7. The van der Waals surface area contributed by atoms with Crippen molar-refractivity contribution >= 4 is 16.5 Å². The third kappa shape index (κ3) is 3.14. The van der Waals surface area contributed by atoms with Crippen molar-refractivity contribution in [2.75, 3.05) is 5.73 Å². The van der Waals surface area contributed by atoms with Crippen LogP contribution in [-0.2, 0) is 16.6 Å². The van der Waals surface area contributed by atoms with Crippen LogP contribution in [0.2, 0.25) is 0 Å². The van der Waals surface area contributed by atoms with E-state index < -0.39 is 10.8 Å². The fourth-order valence-corrected chi connectivity index (χ4v) is 2.34. The van der Waals surface area contributed by atoms with E-state index in [1.807, 2.05) is 31.2 Å². The minimum Gasteiger partial charge on any atom is -0.399 e. The molecule has 0 bridgehead atoms. The number of hydrogen-bond acceptors (Lipinski definition) is 2. The highest BCUT2D eigenvalue weighted by molar-refractivity contribution is 7.84. The summed E-state index contributed by atoms with van der Waals surface area (Å²) < 4.78 is 11.7. The zero-order valence-electron chi connectivity index (χ0n) is 8.69. The van der Waals surface area contributed by atoms with Gasteiger partial charge in [0.25, 0.3) is 0 Å². The maximum Gasteiger partial charge on any atom is 0.0489 e. The lowest BCUT2D eigenvalue weighted by atomic mass is 10.2. The van der Waals surface area contributed by atoms with Crippen LogP contribution in [0.3, 0.4) is 0 Å². The molecule has 0 aliphatic heterocycles. The highest BCUT2D eigenvalue weighted by Crippen LogP contribution is 2.12. The molecule has 14 heavy (non-hydrogen) atoms. The molecule has 0 saturated carbocycles. The average molecular weight is 211 g/mol. The standard InChI is InChI=1S/C11H17NOS/c1-3-9(2)14(13)8-10-5-4-6-11(12)7-10/h4-7,9H,3,8,12H2,1-2H3. The maximum absolute atomic E-state index is 11.7. The summed E-state index contributed by atoms with van der Waals surface area (Å²) in [6.45, 7) is 4.07. The quantitative estimate of drug-likeness (QED) is 0.777. The van der Waals surface area contributed by atoms with E-state index in [0.29, 0.717) is 5.75 Å². The molecule has 0 heterocycles. The van der Waals surface area contributed by atoms with E-state index in [4.69, 9.17) is 5.73 Å². The van der Waals surface area contributed by atoms with Gasteiger partial charge in [0.1, 0.15) is 0 Å². The molecule has 0 aliphatic rings. The van der Waals surface area contributed by atoms with Crippen LogP contribution in [0.15, 0.2) is 24.3 Å². The first-order chi connectivity index (χ1) is 6.63. The predicted octanol–water partition coefficient (Wildman–Crippen LogP) is 2.32. The fourth-order valence-electron chi connectivity index (χ4n) is 1.18. The Balaban J connectivity index is 2.65. The number of benzene rings is 1. The van der Waals surface area contributed by atoms with Crippen molar-refractivity contribution in [3.8, 4) is 0 Å². The van der Waals surface area contributed by atoms with Crippen molar-refractivity contribution in [3.63, 3.8) is 0 Å². The van der Waals surface area contributed by atoms with Gasteiger partial charge in [-0.15, -0.1) is 0 Å². The van der Waals surface area contributed by atoms with Gasteiger partial charge < -0.3 is 5.73 Å². The van der Waals surface area contributed by atoms with Crippen LogP contribution in [0.5, 0.6) is 0 Å². The van der Waals surface area contributed by atoms with E-state index in [1.165, 1.54) is 0 Å². The minimum absolute atomic E-state index is 0.261. The van der Waals surface area contributed by atoms with E-state index >= 15 is 0 Å². The first kappa shape index (κ1) is 11.2. The molecule has 0 radical (unpaired) electrons. The van der Waals surface area contributed by atoms with E-state index in [-0.39, 0.29) is 5.25 Å². The molecular formula is C11H17NOS. The molecule has 2 N–H and O–H groups in total. The molecule has 1 aromatic rings. The van der Waals surface area contributed by atoms with Gasteiger partial charge in [-0.2, -0.15) is 0 Å². The first-order valence-electron chi connectivity index (χ1n) is 4.85. The fraction of sp³-hybridized carbons (Fsp3) is 0.455. The monoisotopic (exact) mass is 211 g/mol. The molecule has 1 aromatic carbocycles. The van der Waals surface area contributed by atoms with E-state index in [9.17, 15) is 4.21 Å². The van der Waals surface area contributed by atoms with Crippen LogP contribution in [0.1, 0.15) is 25.8 Å². The molecule has 0 aromatic heterocycles. The summed E-state index contributed by atoms with van der Waals surface area (Å²) in [6, 6.07) is 7.60. The summed E-state index contributed by atoms with van der Waals surface area (Å²) >= 11 is 0. The largest absolute Gasteiger partial charge is 0.399 e. The molecule has 0 fully saturated rings. The number of nitrogen functional groups attached to an aromatic ring is 1. The normalized spacial score (nSPS) is 15.0. The zero-order chi connectivity index (χ0) is 10.6. The summed E-state index contributed by atoms with van der Waals surface area (Å²) in [5.74, 6) is 0.611. The Morgan fingerprint density at radius 3 is 2.79 bits per heavy atom. The van der Waals surface area contributed by atoms with Crippen LogP contribution < -0.4 is 5.73 Å². The second-order valence-corrected chi connectivity index (χ2v) is 5.34. The van der Waals surface area contributed by atoms with Crippen LogP contribution in [0, 0.1) is 0 Å². The van der Waals surface area contributed by atoms with Gasteiger partial charge in [-0.1, -0.05) is 26.0 Å². The number of nitrogens with two attached hydrogens (primary N) is 1. The zero-order valence-corrected chi connectivity index (χ0v) is 9.51. The highest BCUT2D eigenvalue weighted by Gasteiger charge is 2.09. The second-order valence-electron chi connectivity index (χ2n) is 3.49. The molecular weight excluding hydrogens is 194 g/mol. The second kappa shape index (κ2) is 5.15. The van der Waals surface area contributed by atoms with Crippen molar-refractivity contribution in [1.82, 2.24) is 0 Å². The third-order valence-electron chi connectivity index (χ3n) is 2.28. The molecule has 2 unspecified atom stereocenters. The van der Waals surface area contributed by atoms with Gasteiger partial charge in [0.15, 0.2) is 0 Å². The van der Waals surface area contributed by atoms with Crippen LogP contribution in [0.25, 0.3) is 0 Å². The van der Waals surface area contributed by atoms with Crippen molar-refractivity contribution < 1.29 is 4.21 Å². The Morgan fingerprint density at radius 1 is 1.50 bits per heavy atom. The van der Waals surface area contributed by atoms with Crippen LogP contribution >= 0.6 is 0 Å². The van der Waals surface area contributed by atoms with E-state index in [0.717, 1.165) is 17.7 Å². The van der Waals surface area contributed by atoms with Crippen molar-refractivity contribution in [2.45, 2.75) is 31.3 Å². The third-order valence-corrected chi connectivity index (χ3v) is 4.13. The molecule has 2 atom stereocenters. The Bertz CT molecular complexity index is 325. The SMILES string of the molecule is CCC(C)S(=O)Cc1cccc(N)c1. The van der Waals surface area contributed by atoms with Crippen molar-refractivity contribution in [2.24, 2.45) is 0 Å². The molecule has 1 rings (SSSR count). The molecule has 0 saturated heterocycles. The van der Waals surface area contributed by atoms with Crippen LogP contribution in [0.4, 0.5) is 5.69 Å². The summed E-state index contributed by atoms with van der Waals surface area (Å²) in [6.07, 6.45) is 0.953. The van der Waals surface area contributed by atoms with Crippen molar-refractivity contribution in [3.05, 3.63) is 29.8 Å². The Labute approximate surface area is 88.0 Å². The van der Waals surface area contributed by atoms with Gasteiger partial charge in [-0.25, -0.2) is 0 Å². The van der Waals surface area contributed by atoms with Gasteiger partial charge in [0.2, 0.25) is 0 Å². The molecule has 0 aliphatic carbocycles. The summed E-state index contributed by atoms with van der Waals surface area (Å²) in [7, 11) is -0.780. The number of anilines is 1. The van der Waals surface area contributed by atoms with Gasteiger partial charge in [-0.3, -0.25) is 4.21 Å².